The number of terminal acetylenes is 1. The molecule has 0 bridgehead atoms. The fourth-order valence-corrected chi connectivity index (χ4v) is 1.37. The summed E-state index contributed by atoms with van der Waals surface area (Å²) in [6.45, 7) is 0. The second-order valence-corrected chi connectivity index (χ2v) is 3.63. The van der Waals surface area contributed by atoms with E-state index in [4.69, 9.17) is 12.2 Å². The first-order valence-electron chi connectivity index (χ1n) is 5.41. The standard InChI is InChI=1S/C13H15N3O2/c1-3-6-10(14)13(18)16-11-8-5-4-7-9(11)12(17)15-2/h1,4-5,7-8,10H,6,14H2,2H3,(H,15,17)(H,16,18). The molecule has 0 fully saturated rings. The van der Waals surface area contributed by atoms with E-state index in [2.05, 4.69) is 16.6 Å². The Morgan fingerprint density at radius 1 is 1.44 bits per heavy atom. The van der Waals surface area contributed by atoms with Crippen molar-refractivity contribution in [2.24, 2.45) is 5.73 Å². The number of nitrogens with one attached hydrogen (secondary N) is 2. The molecular weight excluding hydrogens is 230 g/mol. The first kappa shape index (κ1) is 13.7. The Labute approximate surface area is 106 Å². The second-order valence-electron chi connectivity index (χ2n) is 3.63. The van der Waals surface area contributed by atoms with Crippen LogP contribution >= 0.6 is 0 Å². The molecule has 1 aromatic carbocycles. The largest absolute Gasteiger partial charge is 0.355 e. The number of amides is 2. The molecule has 1 aromatic rings. The van der Waals surface area contributed by atoms with Gasteiger partial charge in [-0.2, -0.15) is 0 Å². The average Bonchev–Trinajstić information content (AvgIpc) is 2.38. The number of nitrogens with two attached hydrogens (primary N) is 1. The first-order chi connectivity index (χ1) is 8.60. The summed E-state index contributed by atoms with van der Waals surface area (Å²) in [6.07, 6.45) is 5.23. The fraction of sp³-hybridized carbons (Fsp3) is 0.231. The number of benzene rings is 1. The van der Waals surface area contributed by atoms with Gasteiger partial charge in [0.2, 0.25) is 5.91 Å². The highest BCUT2D eigenvalue weighted by Crippen LogP contribution is 2.15. The van der Waals surface area contributed by atoms with Gasteiger partial charge < -0.3 is 16.4 Å². The molecule has 1 unspecified atom stereocenters. The van der Waals surface area contributed by atoms with E-state index in [-0.39, 0.29) is 12.3 Å². The number of rotatable bonds is 4. The summed E-state index contributed by atoms with van der Waals surface area (Å²) in [5.74, 6) is 1.62. The maximum Gasteiger partial charge on any atom is 0.253 e. The molecule has 1 rings (SSSR count). The molecule has 0 aliphatic carbocycles. The molecule has 0 spiro atoms. The van der Waals surface area contributed by atoms with Gasteiger partial charge in [0.05, 0.1) is 17.3 Å². The van der Waals surface area contributed by atoms with E-state index < -0.39 is 11.9 Å². The summed E-state index contributed by atoms with van der Waals surface area (Å²) in [7, 11) is 1.52. The third kappa shape index (κ3) is 3.34. The Bertz CT molecular complexity index is 491. The zero-order valence-electron chi connectivity index (χ0n) is 10.1. The van der Waals surface area contributed by atoms with Crippen LogP contribution in [-0.4, -0.2) is 24.9 Å². The van der Waals surface area contributed by atoms with Crippen molar-refractivity contribution in [3.05, 3.63) is 29.8 Å². The number of carbonyl (C=O) groups is 2. The average molecular weight is 245 g/mol. The van der Waals surface area contributed by atoms with Gasteiger partial charge in [0, 0.05) is 13.5 Å². The van der Waals surface area contributed by atoms with E-state index in [1.807, 2.05) is 0 Å². The Morgan fingerprint density at radius 3 is 2.72 bits per heavy atom. The summed E-state index contributed by atoms with van der Waals surface area (Å²) in [6, 6.07) is 5.88. The van der Waals surface area contributed by atoms with Gasteiger partial charge in [0.15, 0.2) is 0 Å². The highest BCUT2D eigenvalue weighted by molar-refractivity contribution is 6.04. The summed E-state index contributed by atoms with van der Waals surface area (Å²) in [5.41, 5.74) is 6.37. The van der Waals surface area contributed by atoms with Crippen LogP contribution in [0.25, 0.3) is 0 Å². The zero-order chi connectivity index (χ0) is 13.5. The highest BCUT2D eigenvalue weighted by atomic mass is 16.2. The van der Waals surface area contributed by atoms with Crippen molar-refractivity contribution in [3.8, 4) is 12.3 Å². The SMILES string of the molecule is C#CCC(N)C(=O)Nc1ccccc1C(=O)NC. The van der Waals surface area contributed by atoms with E-state index in [9.17, 15) is 9.59 Å². The van der Waals surface area contributed by atoms with Crippen LogP contribution in [0, 0.1) is 12.3 Å². The molecule has 1 atom stereocenters. The van der Waals surface area contributed by atoms with Crippen molar-refractivity contribution in [1.82, 2.24) is 5.32 Å². The Kier molecular flexibility index (Phi) is 4.90. The lowest BCUT2D eigenvalue weighted by Gasteiger charge is -2.12. The molecule has 5 nitrogen and oxygen atoms in total. The van der Waals surface area contributed by atoms with Crippen LogP contribution in [0.2, 0.25) is 0 Å². The van der Waals surface area contributed by atoms with Crippen molar-refractivity contribution in [2.45, 2.75) is 12.5 Å². The van der Waals surface area contributed by atoms with Crippen LogP contribution in [0.5, 0.6) is 0 Å². The Balaban J connectivity index is 2.88. The number of carbonyl (C=O) groups excluding carboxylic acids is 2. The van der Waals surface area contributed by atoms with Crippen LogP contribution in [0.4, 0.5) is 5.69 Å². The van der Waals surface area contributed by atoms with Gasteiger partial charge in [-0.15, -0.1) is 12.3 Å². The van der Waals surface area contributed by atoms with Gasteiger partial charge in [-0.3, -0.25) is 9.59 Å². The van der Waals surface area contributed by atoms with E-state index in [0.717, 1.165) is 0 Å². The van der Waals surface area contributed by atoms with Crippen LogP contribution in [0.3, 0.4) is 0 Å². The summed E-state index contributed by atoms with van der Waals surface area (Å²) in [4.78, 5) is 23.3. The van der Waals surface area contributed by atoms with E-state index in [1.54, 1.807) is 24.3 Å². The molecule has 4 N–H and O–H groups in total. The Hall–Kier alpha value is -2.32. The molecule has 5 heteroatoms. The lowest BCUT2D eigenvalue weighted by molar-refractivity contribution is -0.117. The molecule has 0 saturated carbocycles. The van der Waals surface area contributed by atoms with Crippen molar-refractivity contribution < 1.29 is 9.59 Å². The summed E-state index contributed by atoms with van der Waals surface area (Å²) >= 11 is 0. The maximum atomic E-state index is 11.7. The highest BCUT2D eigenvalue weighted by Gasteiger charge is 2.15. The zero-order valence-corrected chi connectivity index (χ0v) is 10.1. The lowest BCUT2D eigenvalue weighted by atomic mass is 10.1. The van der Waals surface area contributed by atoms with Gasteiger partial charge in [0.1, 0.15) is 0 Å². The van der Waals surface area contributed by atoms with Crippen LogP contribution < -0.4 is 16.4 Å². The summed E-state index contributed by atoms with van der Waals surface area (Å²) < 4.78 is 0. The van der Waals surface area contributed by atoms with Crippen LogP contribution in [0.15, 0.2) is 24.3 Å². The molecule has 2 amide bonds. The number of hydrogen-bond acceptors (Lipinski definition) is 3. The van der Waals surface area contributed by atoms with Crippen LogP contribution in [-0.2, 0) is 4.79 Å². The van der Waals surface area contributed by atoms with Gasteiger partial charge in [-0.05, 0) is 12.1 Å². The molecule has 0 heterocycles. The number of hydrogen-bond donors (Lipinski definition) is 3. The normalized spacial score (nSPS) is 11.2. The van der Waals surface area contributed by atoms with E-state index >= 15 is 0 Å². The Morgan fingerprint density at radius 2 is 2.11 bits per heavy atom. The van der Waals surface area contributed by atoms with E-state index in [1.165, 1.54) is 7.05 Å². The smallest absolute Gasteiger partial charge is 0.253 e. The molecular formula is C13H15N3O2. The van der Waals surface area contributed by atoms with E-state index in [0.29, 0.717) is 11.3 Å². The third-order valence-electron chi connectivity index (χ3n) is 2.33. The molecule has 94 valence electrons. The van der Waals surface area contributed by atoms with Crippen molar-refractivity contribution in [1.29, 1.82) is 0 Å². The lowest BCUT2D eigenvalue weighted by Crippen LogP contribution is -2.35. The van der Waals surface area contributed by atoms with Gasteiger partial charge in [-0.25, -0.2) is 0 Å². The van der Waals surface area contributed by atoms with Gasteiger partial charge in [-0.1, -0.05) is 12.1 Å². The minimum atomic E-state index is -0.784. The van der Waals surface area contributed by atoms with Crippen molar-refractivity contribution >= 4 is 17.5 Å². The molecule has 0 aliphatic rings. The van der Waals surface area contributed by atoms with Gasteiger partial charge >= 0.3 is 0 Å². The minimum absolute atomic E-state index is 0.147. The third-order valence-corrected chi connectivity index (χ3v) is 2.33. The number of para-hydroxylation sites is 1. The van der Waals surface area contributed by atoms with Crippen molar-refractivity contribution in [2.75, 3.05) is 12.4 Å². The quantitative estimate of drug-likeness (QED) is 0.669. The van der Waals surface area contributed by atoms with Crippen LogP contribution in [0.1, 0.15) is 16.8 Å². The monoisotopic (exact) mass is 245 g/mol. The van der Waals surface area contributed by atoms with Crippen molar-refractivity contribution in [3.63, 3.8) is 0 Å². The first-order valence-corrected chi connectivity index (χ1v) is 5.41. The van der Waals surface area contributed by atoms with Gasteiger partial charge in [0.25, 0.3) is 5.91 Å². The topological polar surface area (TPSA) is 84.2 Å². The number of anilines is 1. The maximum absolute atomic E-state index is 11.7. The molecule has 0 radical (unpaired) electrons. The second kappa shape index (κ2) is 6.42. The predicted octanol–water partition coefficient (Wildman–Crippen LogP) is 0.335. The predicted molar refractivity (Wildman–Crippen MR) is 69.9 cm³/mol. The molecule has 0 aliphatic heterocycles. The molecule has 18 heavy (non-hydrogen) atoms. The molecule has 0 saturated heterocycles. The molecule has 0 aromatic heterocycles. The fourth-order valence-electron chi connectivity index (χ4n) is 1.37. The minimum Gasteiger partial charge on any atom is -0.355 e. The summed E-state index contributed by atoms with van der Waals surface area (Å²) in [5, 5.41) is 5.09.